The third-order valence-electron chi connectivity index (χ3n) is 23.2. The first kappa shape index (κ1) is 81.6. The highest BCUT2D eigenvalue weighted by molar-refractivity contribution is 7.88. The van der Waals surface area contributed by atoms with Gasteiger partial charge in [0, 0.05) is 186 Å². The number of nitriles is 4. The number of H-pyrrole nitrogens is 3. The molecule has 18 rings (SSSR count). The van der Waals surface area contributed by atoms with Gasteiger partial charge in [-0.1, -0.05) is 54.6 Å². The fourth-order valence-corrected chi connectivity index (χ4v) is 17.3. The molecule has 6 aliphatic rings. The van der Waals surface area contributed by atoms with Crippen LogP contribution in [0.1, 0.15) is 61.6 Å². The van der Waals surface area contributed by atoms with Crippen molar-refractivity contribution in [3.8, 4) is 109 Å². The number of hydrogen-bond acceptors (Lipinski definition) is 21. The number of nitrogens with one attached hydrogen (secondary N) is 3. The number of piperazine rings is 3. The van der Waals surface area contributed by atoms with Crippen molar-refractivity contribution in [3.05, 3.63) is 199 Å². The van der Waals surface area contributed by atoms with E-state index in [-0.39, 0.29) is 36.5 Å². The molecule has 0 saturated carbocycles. The second-order valence-corrected chi connectivity index (χ2v) is 32.7. The molecule has 12 aromatic rings. The number of nitrogens with zero attached hydrogens (tertiary/aromatic N) is 13. The van der Waals surface area contributed by atoms with Crippen LogP contribution in [0.15, 0.2) is 182 Å². The van der Waals surface area contributed by atoms with Gasteiger partial charge in [-0.25, -0.2) is 23.4 Å². The van der Waals surface area contributed by atoms with Gasteiger partial charge in [-0.05, 0) is 159 Å². The molecule has 0 atom stereocenters. The number of amides is 2. The summed E-state index contributed by atoms with van der Waals surface area (Å²) in [5, 5.41) is 50.4. The smallest absolute Gasteiger partial charge is 0.248 e. The minimum Gasteiger partial charge on any atom is -0.489 e. The zero-order valence-electron chi connectivity index (χ0n) is 67.2. The number of aliphatic hydroxyl groups is 1. The van der Waals surface area contributed by atoms with Crippen molar-refractivity contribution < 1.29 is 51.5 Å². The lowest BCUT2D eigenvalue weighted by molar-refractivity contribution is -0.134. The van der Waals surface area contributed by atoms with Crippen molar-refractivity contribution in [1.82, 2.24) is 44.0 Å². The summed E-state index contributed by atoms with van der Waals surface area (Å²) in [5.41, 5.74) is 18.9. The average Bonchev–Trinajstić information content (AvgIpc) is 1.66. The van der Waals surface area contributed by atoms with E-state index in [0.717, 1.165) is 182 Å². The molecule has 0 spiro atoms. The second kappa shape index (κ2) is 37.4. The molecule has 2 amide bonds. The van der Waals surface area contributed by atoms with Crippen LogP contribution in [0.4, 0.5) is 17.1 Å². The first-order chi connectivity index (χ1) is 59.1. The predicted molar refractivity (Wildman–Crippen MR) is 462 cm³/mol. The topological polar surface area (TPSA) is 345 Å². The Morgan fingerprint density at radius 3 is 1.00 bits per heavy atom. The molecule has 6 aromatic heterocycles. The van der Waals surface area contributed by atoms with Gasteiger partial charge < -0.3 is 73.0 Å². The number of pyridine rings is 3. The maximum Gasteiger partial charge on any atom is 0.248 e. The Hall–Kier alpha value is -13.2. The van der Waals surface area contributed by atoms with Gasteiger partial charge in [-0.3, -0.25) is 9.59 Å². The summed E-state index contributed by atoms with van der Waals surface area (Å²) in [6.45, 7) is 11.3. The first-order valence-electron chi connectivity index (χ1n) is 41.0. The van der Waals surface area contributed by atoms with Crippen LogP contribution in [-0.2, 0) is 33.8 Å². The van der Waals surface area contributed by atoms with Gasteiger partial charge in [-0.15, -0.1) is 0 Å². The Morgan fingerprint density at radius 2 is 0.711 bits per heavy atom. The van der Waals surface area contributed by atoms with Gasteiger partial charge in [-0.2, -0.15) is 25.4 Å². The summed E-state index contributed by atoms with van der Waals surface area (Å²) in [5.74, 6) is 1.51. The Balaban J connectivity index is 0.000000135. The number of sulfonamides is 1. The summed E-state index contributed by atoms with van der Waals surface area (Å²) in [6, 6.07) is 63.4. The summed E-state index contributed by atoms with van der Waals surface area (Å²) in [6.07, 6.45) is 11.7. The Bertz CT molecular complexity index is 6010. The van der Waals surface area contributed by atoms with Crippen LogP contribution in [0, 0.1) is 45.3 Å². The minimum absolute atomic E-state index is 0.0639. The number of hydrogen-bond donors (Lipinski definition) is 4. The van der Waals surface area contributed by atoms with E-state index in [1.54, 1.807) is 28.4 Å². The maximum absolute atomic E-state index is 12.0. The molecule has 0 aliphatic carbocycles. The molecule has 28 heteroatoms. The lowest BCUT2D eigenvalue weighted by Crippen LogP contribution is -2.49. The molecule has 27 nitrogen and oxygen atoms in total. The second-order valence-electron chi connectivity index (χ2n) is 30.7. The van der Waals surface area contributed by atoms with E-state index in [1.165, 1.54) is 10.6 Å². The predicted octanol–water partition coefficient (Wildman–Crippen LogP) is 13.3. The van der Waals surface area contributed by atoms with Gasteiger partial charge >= 0.3 is 0 Å². The van der Waals surface area contributed by atoms with Gasteiger partial charge in [0.1, 0.15) is 83.7 Å². The highest BCUT2D eigenvalue weighted by Gasteiger charge is 2.28. The molecule has 616 valence electrons. The maximum atomic E-state index is 12.0. The van der Waals surface area contributed by atoms with Crippen LogP contribution >= 0.6 is 0 Å². The largest absolute Gasteiger partial charge is 0.489 e. The molecule has 6 aliphatic heterocycles. The standard InChI is InChI=1S/C32H30N6O3.C31H31N5O4.C30H31N5O4S/c33-11-7-31(39)38-15-13-37(14-16-38)25-4-1-22(2-5-25)29-20-28-27(8-12-35-32(28)36-29)23-3-6-30(24(19-23)21-34)41-26-9-17-40-18-10-26;32-19-23-17-22(3-6-29(23)40-25-8-15-39-16-9-25)26-7-10-33-31-27(26)18-28(34-31)21-1-4-24(5-2-21)35-11-13-36(14-12-35)30(38)20-37;1-40(36,37)35-14-12-34(13-15-35)24-5-2-21(3-6-24)28-19-27-26(8-11-32-30(27)33-28)22-4-7-29(23(18-22)20-31)39-25-9-16-38-17-10-25/h1-6,8,12,19-20,26H,7,9-10,13-18H2,(H,35,36);1-7,10,17-18,25,37H,8-9,11-16,20H2,(H,33,34);2-8,11,18-19,25H,9-10,12-17H2,1H3,(H,32,33). The van der Waals surface area contributed by atoms with Crippen LogP contribution in [0.2, 0.25) is 0 Å². The lowest BCUT2D eigenvalue weighted by atomic mass is 10.0. The van der Waals surface area contributed by atoms with Crippen molar-refractivity contribution in [2.45, 2.75) is 63.3 Å². The number of aliphatic hydroxyl groups excluding tert-OH is 1. The van der Waals surface area contributed by atoms with Gasteiger partial charge in [0.15, 0.2) is 0 Å². The van der Waals surface area contributed by atoms with Crippen molar-refractivity contribution in [2.75, 3.05) is 146 Å². The molecule has 4 N–H and O–H groups in total. The number of carbonyl (C=O) groups excluding carboxylic acids is 2. The zero-order valence-corrected chi connectivity index (χ0v) is 68.0. The van der Waals surface area contributed by atoms with E-state index in [0.29, 0.717) is 126 Å². The SMILES string of the molecule is CS(=O)(=O)N1CCN(c2ccc(-c3cc4c(-c5ccc(OC6CCOCC6)c(C#N)c5)ccnc4[nH]3)cc2)CC1.N#CCC(=O)N1CCN(c2ccc(-c3cc4c(-c5ccc(OC6CCOCC6)c(C#N)c5)ccnc4[nH]3)cc2)CC1.N#Cc1cc(-c2ccnc3[nH]c(-c4ccc(N5CCN(C(=O)CO)CC5)cc4)cc23)ccc1OC1CCOCC1. The number of aromatic amines is 3. The van der Waals surface area contributed by atoms with E-state index >= 15 is 0 Å². The van der Waals surface area contributed by atoms with E-state index in [2.05, 4.69) is 154 Å². The summed E-state index contributed by atoms with van der Waals surface area (Å²) >= 11 is 0. The van der Waals surface area contributed by atoms with Gasteiger partial charge in [0.05, 0.1) is 68.7 Å². The number of aromatic nitrogens is 6. The van der Waals surface area contributed by atoms with E-state index in [4.69, 9.17) is 38.8 Å². The number of fused-ring (bicyclic) bond motifs is 3. The van der Waals surface area contributed by atoms with Crippen LogP contribution in [-0.4, -0.2) is 219 Å². The number of carbonyl (C=O) groups is 2. The van der Waals surface area contributed by atoms with Crippen LogP contribution < -0.4 is 28.9 Å². The van der Waals surface area contributed by atoms with Gasteiger partial charge in [0.2, 0.25) is 21.8 Å². The van der Waals surface area contributed by atoms with Crippen LogP contribution in [0.3, 0.4) is 0 Å². The van der Waals surface area contributed by atoms with E-state index < -0.39 is 16.6 Å². The monoisotopic (exact) mass is 1640 g/mol. The summed E-state index contributed by atoms with van der Waals surface area (Å²) < 4.78 is 59.8. The highest BCUT2D eigenvalue weighted by Crippen LogP contribution is 2.40. The molecule has 6 saturated heterocycles. The Morgan fingerprint density at radius 1 is 0.413 bits per heavy atom. The van der Waals surface area contributed by atoms with Crippen molar-refractivity contribution in [3.63, 3.8) is 0 Å². The van der Waals surface area contributed by atoms with Crippen LogP contribution in [0.25, 0.3) is 100 Å². The van der Waals surface area contributed by atoms with Crippen molar-refractivity contribution in [1.29, 1.82) is 21.0 Å². The highest BCUT2D eigenvalue weighted by atomic mass is 32.2. The molecule has 12 heterocycles. The number of anilines is 3. The van der Waals surface area contributed by atoms with Crippen molar-refractivity contribution >= 4 is 72.0 Å². The number of ether oxygens (including phenoxy) is 6. The van der Waals surface area contributed by atoms with E-state index in [9.17, 15) is 33.8 Å². The Labute approximate surface area is 701 Å². The molecule has 121 heavy (non-hydrogen) atoms. The fraction of sp³-hybridized carbons (Fsp3) is 0.323. The number of rotatable bonds is 18. The average molecular weight is 1640 g/mol. The summed E-state index contributed by atoms with van der Waals surface area (Å²) in [4.78, 5) is 57.9. The quantitative estimate of drug-likeness (QED) is 0.0620. The Kier molecular flexibility index (Phi) is 25.2. The summed E-state index contributed by atoms with van der Waals surface area (Å²) in [7, 11) is -3.15. The minimum atomic E-state index is -3.15. The molecule has 0 bridgehead atoms. The number of benzene rings is 6. The third-order valence-corrected chi connectivity index (χ3v) is 24.5. The lowest BCUT2D eigenvalue weighted by Gasteiger charge is -2.35. The van der Waals surface area contributed by atoms with Crippen LogP contribution in [0.5, 0.6) is 17.2 Å². The first-order valence-corrected chi connectivity index (χ1v) is 42.8. The zero-order chi connectivity index (χ0) is 83.4. The molecule has 0 radical (unpaired) electrons. The third kappa shape index (κ3) is 19.0. The molecular weight excluding hydrogens is 1550 g/mol. The van der Waals surface area contributed by atoms with E-state index in [1.807, 2.05) is 78.9 Å². The molecular formula is C93H92N16O11S. The van der Waals surface area contributed by atoms with Gasteiger partial charge in [0.25, 0.3) is 0 Å². The fourth-order valence-electron chi connectivity index (χ4n) is 16.4. The molecule has 0 unspecified atom stereocenters. The van der Waals surface area contributed by atoms with Crippen molar-refractivity contribution in [2.24, 2.45) is 0 Å². The molecule has 6 fully saturated rings. The normalized spacial score (nSPS) is 16.4. The molecule has 6 aromatic carbocycles.